The Bertz CT molecular complexity index is 328. The molecule has 0 bridgehead atoms. The minimum absolute atomic E-state index is 0.217. The van der Waals surface area contributed by atoms with Crippen molar-refractivity contribution in [3.05, 3.63) is 35.4 Å². The van der Waals surface area contributed by atoms with Gasteiger partial charge in [-0.1, -0.05) is 20.8 Å². The molecule has 0 aromatic heterocycles. The van der Waals surface area contributed by atoms with Gasteiger partial charge in [0.1, 0.15) is 11.6 Å². The molecule has 0 atom stereocenters. The van der Waals surface area contributed by atoms with Gasteiger partial charge in [-0.05, 0) is 42.6 Å². The molecule has 16 heavy (non-hydrogen) atoms. The topological polar surface area (TPSA) is 12.0 Å². The predicted octanol–water partition coefficient (Wildman–Crippen LogP) is 3.24. The number of rotatable bonds is 5. The van der Waals surface area contributed by atoms with Crippen LogP contribution < -0.4 is 5.32 Å². The van der Waals surface area contributed by atoms with Gasteiger partial charge >= 0.3 is 0 Å². The lowest BCUT2D eigenvalue weighted by molar-refractivity contribution is 0.453. The molecule has 0 saturated heterocycles. The van der Waals surface area contributed by atoms with Crippen molar-refractivity contribution in [3.63, 3.8) is 0 Å². The Morgan fingerprint density at radius 1 is 1.12 bits per heavy atom. The molecule has 90 valence electrons. The van der Waals surface area contributed by atoms with Gasteiger partial charge in [0.2, 0.25) is 0 Å². The van der Waals surface area contributed by atoms with Crippen molar-refractivity contribution in [2.24, 2.45) is 0 Å². The van der Waals surface area contributed by atoms with Gasteiger partial charge in [-0.15, -0.1) is 0 Å². The monoisotopic (exact) mass is 227 g/mol. The highest BCUT2D eigenvalue weighted by atomic mass is 19.1. The lowest BCUT2D eigenvalue weighted by atomic mass is 9.81. The maximum atomic E-state index is 13.1. The minimum atomic E-state index is -0.508. The zero-order valence-electron chi connectivity index (χ0n) is 10.1. The molecule has 1 aromatic carbocycles. The van der Waals surface area contributed by atoms with Gasteiger partial charge < -0.3 is 5.32 Å². The van der Waals surface area contributed by atoms with E-state index >= 15 is 0 Å². The first-order valence-corrected chi connectivity index (χ1v) is 5.63. The fraction of sp³-hybridized carbons (Fsp3) is 0.538. The smallest absolute Gasteiger partial charge is 0.126 e. The van der Waals surface area contributed by atoms with Crippen molar-refractivity contribution in [2.45, 2.75) is 32.6 Å². The maximum absolute atomic E-state index is 13.1. The van der Waals surface area contributed by atoms with E-state index in [1.165, 1.54) is 12.1 Å². The van der Waals surface area contributed by atoms with Crippen LogP contribution in [0.3, 0.4) is 0 Å². The first-order chi connectivity index (χ1) is 7.45. The number of nitrogens with one attached hydrogen (secondary N) is 1. The van der Waals surface area contributed by atoms with Crippen LogP contribution in [-0.4, -0.2) is 13.1 Å². The van der Waals surface area contributed by atoms with Crippen molar-refractivity contribution in [2.75, 3.05) is 13.1 Å². The molecular formula is C13H19F2N. The second kappa shape index (κ2) is 5.39. The standard InChI is InChI=1S/C13H19F2N/c1-4-16-6-5-13(2,3)10-7-11(14)9-12(15)8-10/h7-9,16H,4-6H2,1-3H3. The normalized spacial score (nSPS) is 11.8. The zero-order valence-corrected chi connectivity index (χ0v) is 10.1. The van der Waals surface area contributed by atoms with Crippen LogP contribution in [0, 0.1) is 11.6 Å². The van der Waals surface area contributed by atoms with Crippen LogP contribution >= 0.6 is 0 Å². The van der Waals surface area contributed by atoms with Crippen LogP contribution in [0.2, 0.25) is 0 Å². The third-order valence-corrected chi connectivity index (χ3v) is 2.82. The highest BCUT2D eigenvalue weighted by molar-refractivity contribution is 5.25. The van der Waals surface area contributed by atoms with E-state index in [2.05, 4.69) is 5.32 Å². The van der Waals surface area contributed by atoms with Crippen LogP contribution in [-0.2, 0) is 5.41 Å². The highest BCUT2D eigenvalue weighted by Gasteiger charge is 2.21. The maximum Gasteiger partial charge on any atom is 0.126 e. The summed E-state index contributed by atoms with van der Waals surface area (Å²) in [7, 11) is 0. The number of hydrogen-bond acceptors (Lipinski definition) is 1. The molecule has 1 rings (SSSR count). The molecule has 0 heterocycles. The van der Waals surface area contributed by atoms with E-state index in [-0.39, 0.29) is 5.41 Å². The Kier molecular flexibility index (Phi) is 4.42. The summed E-state index contributed by atoms with van der Waals surface area (Å²) in [5, 5.41) is 3.22. The molecule has 0 saturated carbocycles. The van der Waals surface area contributed by atoms with E-state index in [1.54, 1.807) is 0 Å². The largest absolute Gasteiger partial charge is 0.317 e. The molecule has 0 fully saturated rings. The summed E-state index contributed by atoms with van der Waals surface area (Å²) >= 11 is 0. The van der Waals surface area contributed by atoms with Gasteiger partial charge in [0, 0.05) is 6.07 Å². The molecule has 1 aromatic rings. The Morgan fingerprint density at radius 3 is 2.19 bits per heavy atom. The zero-order chi connectivity index (χ0) is 12.2. The second-order valence-corrected chi connectivity index (χ2v) is 4.65. The average molecular weight is 227 g/mol. The first kappa shape index (κ1) is 13.1. The first-order valence-electron chi connectivity index (χ1n) is 5.63. The van der Waals surface area contributed by atoms with Gasteiger partial charge in [0.25, 0.3) is 0 Å². The number of hydrogen-bond donors (Lipinski definition) is 1. The van der Waals surface area contributed by atoms with Gasteiger partial charge in [-0.25, -0.2) is 8.78 Å². The van der Waals surface area contributed by atoms with E-state index in [9.17, 15) is 8.78 Å². The molecule has 0 aliphatic carbocycles. The van der Waals surface area contributed by atoms with Crippen LogP contribution in [0.1, 0.15) is 32.8 Å². The molecule has 3 heteroatoms. The number of halogens is 2. The molecule has 0 aliphatic heterocycles. The van der Waals surface area contributed by atoms with Crippen molar-refractivity contribution < 1.29 is 8.78 Å². The van der Waals surface area contributed by atoms with E-state index in [4.69, 9.17) is 0 Å². The Balaban J connectivity index is 2.80. The van der Waals surface area contributed by atoms with Crippen LogP contribution in [0.25, 0.3) is 0 Å². The van der Waals surface area contributed by atoms with Gasteiger partial charge in [0.05, 0.1) is 0 Å². The fourth-order valence-electron chi connectivity index (χ4n) is 1.67. The highest BCUT2D eigenvalue weighted by Crippen LogP contribution is 2.27. The summed E-state index contributed by atoms with van der Waals surface area (Å²) in [5.41, 5.74) is 0.494. The number of benzene rings is 1. The quantitative estimate of drug-likeness (QED) is 0.761. The molecule has 0 unspecified atom stereocenters. The summed E-state index contributed by atoms with van der Waals surface area (Å²) in [5.74, 6) is -1.02. The summed E-state index contributed by atoms with van der Waals surface area (Å²) < 4.78 is 26.2. The Morgan fingerprint density at radius 2 is 1.69 bits per heavy atom. The van der Waals surface area contributed by atoms with Gasteiger partial charge in [0.15, 0.2) is 0 Å². The van der Waals surface area contributed by atoms with E-state index in [1.807, 2.05) is 20.8 Å². The van der Waals surface area contributed by atoms with E-state index in [0.29, 0.717) is 5.56 Å². The lowest BCUT2D eigenvalue weighted by Crippen LogP contribution is -2.25. The van der Waals surface area contributed by atoms with Crippen LogP contribution in [0.15, 0.2) is 18.2 Å². The summed E-state index contributed by atoms with van der Waals surface area (Å²) in [6.45, 7) is 7.79. The molecule has 1 nitrogen and oxygen atoms in total. The van der Waals surface area contributed by atoms with Crippen LogP contribution in [0.4, 0.5) is 8.78 Å². The molecule has 0 radical (unpaired) electrons. The average Bonchev–Trinajstić information content (AvgIpc) is 2.16. The van der Waals surface area contributed by atoms with E-state index < -0.39 is 11.6 Å². The fourth-order valence-corrected chi connectivity index (χ4v) is 1.67. The van der Waals surface area contributed by atoms with Crippen molar-refractivity contribution in [3.8, 4) is 0 Å². The third kappa shape index (κ3) is 3.56. The molecule has 0 aliphatic rings. The van der Waals surface area contributed by atoms with E-state index in [0.717, 1.165) is 25.6 Å². The molecule has 0 spiro atoms. The predicted molar refractivity (Wildman–Crippen MR) is 62.5 cm³/mol. The lowest BCUT2D eigenvalue weighted by Gasteiger charge is -2.25. The summed E-state index contributed by atoms with van der Waals surface area (Å²) in [4.78, 5) is 0. The molecule has 0 amide bonds. The summed E-state index contributed by atoms with van der Waals surface area (Å²) in [6.07, 6.45) is 0.851. The SMILES string of the molecule is CCNCCC(C)(C)c1cc(F)cc(F)c1. The van der Waals surface area contributed by atoms with Gasteiger partial charge in [-0.3, -0.25) is 0 Å². The molecular weight excluding hydrogens is 208 g/mol. The summed E-state index contributed by atoms with van der Waals surface area (Å²) in [6, 6.07) is 3.73. The third-order valence-electron chi connectivity index (χ3n) is 2.82. The van der Waals surface area contributed by atoms with Crippen molar-refractivity contribution in [1.82, 2.24) is 5.32 Å². The molecule has 1 N–H and O–H groups in total. The van der Waals surface area contributed by atoms with Crippen molar-refractivity contribution in [1.29, 1.82) is 0 Å². The van der Waals surface area contributed by atoms with Crippen LogP contribution in [0.5, 0.6) is 0 Å². The van der Waals surface area contributed by atoms with Crippen molar-refractivity contribution >= 4 is 0 Å². The second-order valence-electron chi connectivity index (χ2n) is 4.65. The Hall–Kier alpha value is -0.960. The minimum Gasteiger partial charge on any atom is -0.317 e. The Labute approximate surface area is 95.9 Å². The van der Waals surface area contributed by atoms with Gasteiger partial charge in [-0.2, -0.15) is 0 Å².